The van der Waals surface area contributed by atoms with Crippen LogP contribution in [0, 0.1) is 5.82 Å². The Kier molecular flexibility index (Phi) is 3.59. The molecule has 0 unspecified atom stereocenters. The number of hydrogen-bond donors (Lipinski definition) is 1. The largest absolute Gasteiger partial charge is 0.411 e. The van der Waals surface area contributed by atoms with E-state index in [0.29, 0.717) is 16.9 Å². The first-order chi connectivity index (χ1) is 11.3. The molecule has 0 aliphatic rings. The Balaban J connectivity index is 1.55. The minimum Gasteiger partial charge on any atom is -0.411 e. The number of para-hydroxylation sites is 1. The molecule has 0 fully saturated rings. The third-order valence-corrected chi connectivity index (χ3v) is 4.37. The van der Waals surface area contributed by atoms with Gasteiger partial charge in [-0.05, 0) is 23.8 Å². The number of benzene rings is 2. The molecule has 6 heteroatoms. The van der Waals surface area contributed by atoms with Crippen molar-refractivity contribution in [2.24, 2.45) is 0 Å². The van der Waals surface area contributed by atoms with E-state index in [1.807, 2.05) is 36.5 Å². The highest BCUT2D eigenvalue weighted by molar-refractivity contribution is 7.98. The molecule has 2 heterocycles. The Hall–Kier alpha value is -2.60. The minimum absolute atomic E-state index is 0.242. The van der Waals surface area contributed by atoms with Crippen LogP contribution in [0.1, 0.15) is 5.56 Å². The van der Waals surface area contributed by atoms with E-state index in [4.69, 9.17) is 4.42 Å². The molecule has 2 aromatic heterocycles. The first-order valence-corrected chi connectivity index (χ1v) is 8.05. The summed E-state index contributed by atoms with van der Waals surface area (Å²) in [4.78, 5) is 3.18. The van der Waals surface area contributed by atoms with E-state index in [1.165, 1.54) is 23.9 Å². The van der Waals surface area contributed by atoms with Crippen LogP contribution in [-0.2, 0) is 5.75 Å². The zero-order chi connectivity index (χ0) is 15.6. The predicted molar refractivity (Wildman–Crippen MR) is 87.6 cm³/mol. The third kappa shape index (κ3) is 2.85. The summed E-state index contributed by atoms with van der Waals surface area (Å²) in [6.07, 6.45) is 1.86. The van der Waals surface area contributed by atoms with Gasteiger partial charge >= 0.3 is 0 Å². The van der Waals surface area contributed by atoms with Gasteiger partial charge in [-0.3, -0.25) is 0 Å². The summed E-state index contributed by atoms with van der Waals surface area (Å²) in [5.74, 6) is 0.810. The van der Waals surface area contributed by atoms with Crippen molar-refractivity contribution in [3.8, 4) is 11.5 Å². The fourth-order valence-electron chi connectivity index (χ4n) is 2.40. The molecule has 0 amide bonds. The third-order valence-electron chi connectivity index (χ3n) is 3.48. The van der Waals surface area contributed by atoms with Gasteiger partial charge in [-0.15, -0.1) is 10.2 Å². The van der Waals surface area contributed by atoms with Gasteiger partial charge in [-0.25, -0.2) is 4.39 Å². The van der Waals surface area contributed by atoms with Crippen molar-refractivity contribution in [1.29, 1.82) is 0 Å². The molecule has 0 spiro atoms. The summed E-state index contributed by atoms with van der Waals surface area (Å²) < 4.78 is 18.9. The Labute approximate surface area is 135 Å². The first kappa shape index (κ1) is 14.0. The highest BCUT2D eigenvalue weighted by atomic mass is 32.2. The lowest BCUT2D eigenvalue weighted by molar-refractivity contribution is 0.466. The van der Waals surface area contributed by atoms with Crippen LogP contribution < -0.4 is 0 Å². The monoisotopic (exact) mass is 325 g/mol. The van der Waals surface area contributed by atoms with Crippen LogP contribution in [0.2, 0.25) is 0 Å². The quantitative estimate of drug-likeness (QED) is 0.555. The standard InChI is InChI=1S/C17H12FN3OS/c18-12-5-3-4-11(8-12)10-23-17-21-20-16(22-17)14-9-19-15-7-2-1-6-13(14)15/h1-9,19H,10H2. The van der Waals surface area contributed by atoms with Gasteiger partial charge in [-0.2, -0.15) is 0 Å². The fourth-order valence-corrected chi connectivity index (χ4v) is 3.10. The van der Waals surface area contributed by atoms with Crippen LogP contribution in [0.5, 0.6) is 0 Å². The molecule has 0 bridgehead atoms. The van der Waals surface area contributed by atoms with Gasteiger partial charge in [0, 0.05) is 22.9 Å². The topological polar surface area (TPSA) is 54.7 Å². The van der Waals surface area contributed by atoms with Gasteiger partial charge in [0.15, 0.2) is 0 Å². The summed E-state index contributed by atoms with van der Waals surface area (Å²) in [7, 11) is 0. The molecule has 0 aliphatic carbocycles. The van der Waals surface area contributed by atoms with Crippen molar-refractivity contribution in [3.63, 3.8) is 0 Å². The number of halogens is 1. The van der Waals surface area contributed by atoms with Gasteiger partial charge < -0.3 is 9.40 Å². The lowest BCUT2D eigenvalue weighted by Crippen LogP contribution is -1.82. The van der Waals surface area contributed by atoms with E-state index >= 15 is 0 Å². The number of nitrogens with zero attached hydrogens (tertiary/aromatic N) is 2. The van der Waals surface area contributed by atoms with E-state index < -0.39 is 0 Å². The van der Waals surface area contributed by atoms with Crippen molar-refractivity contribution in [1.82, 2.24) is 15.2 Å². The molecule has 4 aromatic rings. The maximum Gasteiger partial charge on any atom is 0.277 e. The second kappa shape index (κ2) is 5.89. The molecule has 23 heavy (non-hydrogen) atoms. The molecule has 0 aliphatic heterocycles. The number of nitrogens with one attached hydrogen (secondary N) is 1. The molecule has 4 rings (SSSR count). The number of aromatic nitrogens is 3. The van der Waals surface area contributed by atoms with Gasteiger partial charge in [0.05, 0.1) is 5.56 Å². The molecule has 4 nitrogen and oxygen atoms in total. The predicted octanol–water partition coefficient (Wildman–Crippen LogP) is 4.65. The number of H-pyrrole nitrogens is 1. The number of aromatic amines is 1. The lowest BCUT2D eigenvalue weighted by atomic mass is 10.2. The summed E-state index contributed by atoms with van der Waals surface area (Å²) in [6, 6.07) is 14.4. The van der Waals surface area contributed by atoms with Gasteiger partial charge in [-0.1, -0.05) is 42.1 Å². The van der Waals surface area contributed by atoms with E-state index in [2.05, 4.69) is 15.2 Å². The van der Waals surface area contributed by atoms with Crippen molar-refractivity contribution >= 4 is 22.7 Å². The van der Waals surface area contributed by atoms with Crippen LogP contribution in [-0.4, -0.2) is 15.2 Å². The normalized spacial score (nSPS) is 11.2. The van der Waals surface area contributed by atoms with E-state index in [0.717, 1.165) is 22.0 Å². The Morgan fingerprint density at radius 2 is 2.00 bits per heavy atom. The first-order valence-electron chi connectivity index (χ1n) is 7.07. The molecule has 0 saturated heterocycles. The molecule has 0 atom stereocenters. The number of thioether (sulfide) groups is 1. The number of fused-ring (bicyclic) bond motifs is 1. The van der Waals surface area contributed by atoms with Crippen molar-refractivity contribution < 1.29 is 8.81 Å². The van der Waals surface area contributed by atoms with Crippen LogP contribution in [0.25, 0.3) is 22.4 Å². The van der Waals surface area contributed by atoms with Crippen molar-refractivity contribution in [2.75, 3.05) is 0 Å². The van der Waals surface area contributed by atoms with E-state index in [1.54, 1.807) is 6.07 Å². The van der Waals surface area contributed by atoms with Crippen LogP contribution in [0.4, 0.5) is 4.39 Å². The maximum atomic E-state index is 13.2. The number of hydrogen-bond acceptors (Lipinski definition) is 4. The molecule has 0 saturated carbocycles. The summed E-state index contributed by atoms with van der Waals surface area (Å²) >= 11 is 1.39. The summed E-state index contributed by atoms with van der Waals surface area (Å²) in [5.41, 5.74) is 2.78. The Morgan fingerprint density at radius 1 is 1.09 bits per heavy atom. The minimum atomic E-state index is -0.242. The molecule has 1 N–H and O–H groups in total. The Bertz CT molecular complexity index is 963. The lowest BCUT2D eigenvalue weighted by Gasteiger charge is -1.97. The van der Waals surface area contributed by atoms with Crippen LogP contribution in [0.3, 0.4) is 0 Å². The zero-order valence-corrected chi connectivity index (χ0v) is 12.8. The highest BCUT2D eigenvalue weighted by Gasteiger charge is 2.13. The number of rotatable bonds is 4. The van der Waals surface area contributed by atoms with Gasteiger partial charge in [0.25, 0.3) is 11.1 Å². The maximum absolute atomic E-state index is 13.2. The average Bonchev–Trinajstić information content (AvgIpc) is 3.19. The van der Waals surface area contributed by atoms with Gasteiger partial charge in [0.2, 0.25) is 0 Å². The fraction of sp³-hybridized carbons (Fsp3) is 0.0588. The summed E-state index contributed by atoms with van der Waals surface area (Å²) in [6.45, 7) is 0. The molecule has 2 aromatic carbocycles. The highest BCUT2D eigenvalue weighted by Crippen LogP contribution is 2.30. The molecular formula is C17H12FN3OS. The smallest absolute Gasteiger partial charge is 0.277 e. The SMILES string of the molecule is Fc1cccc(CSc2nnc(-c3c[nH]c4ccccc34)o2)c1. The zero-order valence-electron chi connectivity index (χ0n) is 12.0. The molecule has 114 valence electrons. The van der Waals surface area contributed by atoms with E-state index in [9.17, 15) is 4.39 Å². The second-order valence-corrected chi connectivity index (χ2v) is 5.97. The Morgan fingerprint density at radius 3 is 2.91 bits per heavy atom. The molecular weight excluding hydrogens is 313 g/mol. The van der Waals surface area contributed by atoms with Crippen LogP contribution >= 0.6 is 11.8 Å². The average molecular weight is 325 g/mol. The second-order valence-electron chi connectivity index (χ2n) is 5.04. The van der Waals surface area contributed by atoms with Crippen molar-refractivity contribution in [3.05, 3.63) is 66.1 Å². The van der Waals surface area contributed by atoms with Crippen LogP contribution in [0.15, 0.2) is 64.4 Å². The molecule has 0 radical (unpaired) electrons. The summed E-state index contributed by atoms with van der Waals surface area (Å²) in [5, 5.41) is 9.67. The van der Waals surface area contributed by atoms with Gasteiger partial charge in [0.1, 0.15) is 5.82 Å². The van der Waals surface area contributed by atoms with Crippen molar-refractivity contribution in [2.45, 2.75) is 11.0 Å². The van der Waals surface area contributed by atoms with E-state index in [-0.39, 0.29) is 5.82 Å².